The molecule has 1 heterocycles. The van der Waals surface area contributed by atoms with Gasteiger partial charge in [-0.2, -0.15) is 4.37 Å². The van der Waals surface area contributed by atoms with Crippen molar-refractivity contribution in [1.82, 2.24) is 9.36 Å². The summed E-state index contributed by atoms with van der Waals surface area (Å²) in [5.74, 6) is 1.73. The third-order valence-electron chi connectivity index (χ3n) is 2.12. The predicted molar refractivity (Wildman–Crippen MR) is 58.9 cm³/mol. The Morgan fingerprint density at radius 3 is 3.00 bits per heavy atom. The second kappa shape index (κ2) is 3.92. The molecule has 0 aromatic carbocycles. The number of nitrogens with zero attached hydrogens (tertiary/aromatic N) is 3. The zero-order valence-corrected chi connectivity index (χ0v) is 9.94. The fourth-order valence-electron chi connectivity index (χ4n) is 1.11. The molecule has 3 nitrogen and oxygen atoms in total. The lowest BCUT2D eigenvalue weighted by Crippen LogP contribution is -2.19. The molecule has 5 heteroatoms. The van der Waals surface area contributed by atoms with Crippen LogP contribution in [0.15, 0.2) is 0 Å². The van der Waals surface area contributed by atoms with E-state index in [2.05, 4.69) is 37.2 Å². The fraction of sp³-hybridized carbons (Fsp3) is 0.750. The van der Waals surface area contributed by atoms with Crippen LogP contribution in [-0.2, 0) is 0 Å². The van der Waals surface area contributed by atoms with Crippen molar-refractivity contribution in [3.8, 4) is 0 Å². The number of hydrogen-bond acceptors (Lipinski definition) is 4. The lowest BCUT2D eigenvalue weighted by atomic mass is 10.4. The minimum atomic E-state index is 0.669. The molecule has 1 aromatic heterocycles. The summed E-state index contributed by atoms with van der Waals surface area (Å²) in [7, 11) is 2.05. The van der Waals surface area contributed by atoms with Crippen molar-refractivity contribution < 1.29 is 0 Å². The summed E-state index contributed by atoms with van der Waals surface area (Å²) in [5.41, 5.74) is 0. The fourth-order valence-corrected chi connectivity index (χ4v) is 2.37. The van der Waals surface area contributed by atoms with Crippen molar-refractivity contribution in [2.24, 2.45) is 0 Å². The van der Waals surface area contributed by atoms with Gasteiger partial charge in [0, 0.05) is 36.4 Å². The van der Waals surface area contributed by atoms with Gasteiger partial charge in [-0.15, -0.1) is 0 Å². The molecule has 0 saturated heterocycles. The zero-order chi connectivity index (χ0) is 9.26. The maximum Gasteiger partial charge on any atom is 0.204 e. The Hall–Kier alpha value is -0.160. The molecule has 0 unspecified atom stereocenters. The van der Waals surface area contributed by atoms with E-state index in [1.165, 1.54) is 24.4 Å². The average molecular weight is 262 g/mol. The second-order valence-electron chi connectivity index (χ2n) is 3.32. The minimum Gasteiger partial charge on any atom is -0.349 e. The maximum absolute atomic E-state index is 4.50. The van der Waals surface area contributed by atoms with Crippen LogP contribution >= 0.6 is 27.5 Å². The Kier molecular flexibility index (Phi) is 2.83. The summed E-state index contributed by atoms with van der Waals surface area (Å²) < 4.78 is 4.36. The number of halogens is 1. The highest BCUT2D eigenvalue weighted by molar-refractivity contribution is 9.09. The Balaban J connectivity index is 2.03. The van der Waals surface area contributed by atoms with Crippen LogP contribution < -0.4 is 4.90 Å². The van der Waals surface area contributed by atoms with Crippen LogP contribution in [0, 0.1) is 0 Å². The second-order valence-corrected chi connectivity index (χ2v) is 4.84. The number of alkyl halides is 1. The Bertz CT molecular complexity index is 285. The van der Waals surface area contributed by atoms with Gasteiger partial charge in [0.2, 0.25) is 5.13 Å². The molecule has 0 aliphatic heterocycles. The van der Waals surface area contributed by atoms with Gasteiger partial charge in [0.15, 0.2) is 0 Å². The van der Waals surface area contributed by atoms with Gasteiger partial charge in [-0.1, -0.05) is 15.9 Å². The van der Waals surface area contributed by atoms with Gasteiger partial charge >= 0.3 is 0 Å². The monoisotopic (exact) mass is 261 g/mol. The van der Waals surface area contributed by atoms with Crippen LogP contribution in [0.1, 0.15) is 24.6 Å². The molecule has 72 valence electrons. The summed E-state index contributed by atoms with van der Waals surface area (Å²) in [6.45, 7) is 0.985. The lowest BCUT2D eigenvalue weighted by Gasteiger charge is -2.11. The molecule has 13 heavy (non-hydrogen) atoms. The molecule has 0 atom stereocenters. The van der Waals surface area contributed by atoms with Crippen LogP contribution in [0.25, 0.3) is 0 Å². The highest BCUT2D eigenvalue weighted by Gasteiger charge is 2.28. The topological polar surface area (TPSA) is 29.0 Å². The first-order valence-electron chi connectivity index (χ1n) is 4.42. The molecule has 0 bridgehead atoms. The summed E-state index contributed by atoms with van der Waals surface area (Å²) in [4.78, 5) is 6.64. The minimum absolute atomic E-state index is 0.669. The molecule has 1 saturated carbocycles. The molecular formula is C8H12BrN3S. The number of hydrogen-bond donors (Lipinski definition) is 0. The van der Waals surface area contributed by atoms with E-state index in [9.17, 15) is 0 Å². The number of aromatic nitrogens is 2. The molecule has 1 aliphatic rings. The molecule has 0 radical (unpaired) electrons. The van der Waals surface area contributed by atoms with Gasteiger partial charge < -0.3 is 4.90 Å². The molecule has 1 fully saturated rings. The van der Waals surface area contributed by atoms with Gasteiger partial charge in [-0.3, -0.25) is 0 Å². The van der Waals surface area contributed by atoms with Crippen LogP contribution in [-0.4, -0.2) is 28.3 Å². The van der Waals surface area contributed by atoms with Gasteiger partial charge in [-0.05, 0) is 12.8 Å². The molecule has 0 spiro atoms. The van der Waals surface area contributed by atoms with Gasteiger partial charge in [-0.25, -0.2) is 4.98 Å². The van der Waals surface area contributed by atoms with Gasteiger partial charge in [0.25, 0.3) is 0 Å². The van der Waals surface area contributed by atoms with Crippen LogP contribution in [0.4, 0.5) is 5.13 Å². The van der Waals surface area contributed by atoms with Crippen LogP contribution in [0.5, 0.6) is 0 Å². The van der Waals surface area contributed by atoms with E-state index in [-0.39, 0.29) is 0 Å². The van der Waals surface area contributed by atoms with Crippen molar-refractivity contribution >= 4 is 32.6 Å². The molecule has 1 aromatic rings. The first-order chi connectivity index (χ1) is 6.31. The van der Waals surface area contributed by atoms with Crippen molar-refractivity contribution in [2.75, 3.05) is 23.8 Å². The third-order valence-corrected chi connectivity index (χ3v) is 3.32. The van der Waals surface area contributed by atoms with E-state index in [4.69, 9.17) is 0 Å². The standard InChI is InChI=1S/C8H12BrN3S/c1-12(5-4-9)8-10-7(11-13-8)6-2-3-6/h6H,2-5H2,1H3. The smallest absolute Gasteiger partial charge is 0.204 e. The van der Waals surface area contributed by atoms with Crippen LogP contribution in [0.2, 0.25) is 0 Å². The first-order valence-corrected chi connectivity index (χ1v) is 6.31. The molecule has 2 rings (SSSR count). The molecule has 1 aliphatic carbocycles. The van der Waals surface area contributed by atoms with Crippen molar-refractivity contribution in [2.45, 2.75) is 18.8 Å². The number of rotatable bonds is 4. The van der Waals surface area contributed by atoms with E-state index in [1.54, 1.807) is 0 Å². The summed E-state index contributed by atoms with van der Waals surface area (Å²) >= 11 is 4.92. The normalized spacial score (nSPS) is 16.2. The van der Waals surface area contributed by atoms with E-state index in [0.29, 0.717) is 5.92 Å². The third kappa shape index (κ3) is 2.20. The maximum atomic E-state index is 4.50. The van der Waals surface area contributed by atoms with E-state index in [1.807, 2.05) is 0 Å². The van der Waals surface area contributed by atoms with Gasteiger partial charge in [0.1, 0.15) is 5.82 Å². The Labute approximate surface area is 90.5 Å². The van der Waals surface area contributed by atoms with E-state index in [0.717, 1.165) is 22.8 Å². The SMILES string of the molecule is CN(CCBr)c1nc(C2CC2)ns1. The number of anilines is 1. The van der Waals surface area contributed by atoms with Crippen molar-refractivity contribution in [3.05, 3.63) is 5.82 Å². The van der Waals surface area contributed by atoms with Crippen molar-refractivity contribution in [1.29, 1.82) is 0 Å². The highest BCUT2D eigenvalue weighted by Crippen LogP contribution is 2.39. The quantitative estimate of drug-likeness (QED) is 0.779. The molecule has 0 amide bonds. The largest absolute Gasteiger partial charge is 0.349 e. The lowest BCUT2D eigenvalue weighted by molar-refractivity contribution is 0.932. The Morgan fingerprint density at radius 1 is 1.62 bits per heavy atom. The molecular weight excluding hydrogens is 250 g/mol. The summed E-state index contributed by atoms with van der Waals surface area (Å²) in [5, 5.41) is 2.02. The first kappa shape index (κ1) is 9.40. The van der Waals surface area contributed by atoms with E-state index >= 15 is 0 Å². The summed E-state index contributed by atoms with van der Waals surface area (Å²) in [6.07, 6.45) is 2.55. The Morgan fingerprint density at radius 2 is 2.38 bits per heavy atom. The summed E-state index contributed by atoms with van der Waals surface area (Å²) in [6, 6.07) is 0. The van der Waals surface area contributed by atoms with E-state index < -0.39 is 0 Å². The predicted octanol–water partition coefficient (Wildman–Crippen LogP) is 2.25. The zero-order valence-electron chi connectivity index (χ0n) is 7.53. The van der Waals surface area contributed by atoms with Gasteiger partial charge in [0.05, 0.1) is 0 Å². The molecule has 0 N–H and O–H groups in total. The van der Waals surface area contributed by atoms with Crippen molar-refractivity contribution in [3.63, 3.8) is 0 Å². The van der Waals surface area contributed by atoms with Crippen LogP contribution in [0.3, 0.4) is 0 Å². The highest BCUT2D eigenvalue weighted by atomic mass is 79.9. The average Bonchev–Trinajstić information content (AvgIpc) is 2.84.